The van der Waals surface area contributed by atoms with E-state index < -0.39 is 0 Å². The van der Waals surface area contributed by atoms with Gasteiger partial charge in [-0.05, 0) is 36.4 Å². The minimum absolute atomic E-state index is 0.140. The maximum absolute atomic E-state index is 8.75. The maximum Gasteiger partial charge on any atom is 0.0771 e. The fourth-order valence-electron chi connectivity index (χ4n) is 2.29. The summed E-state index contributed by atoms with van der Waals surface area (Å²) in [5.74, 6) is 6.11. The van der Waals surface area contributed by atoms with Gasteiger partial charge >= 0.3 is 0 Å². The highest BCUT2D eigenvalue weighted by Crippen LogP contribution is 2.31. The molecular formula is C17H19NOS2. The Bertz CT molecular complexity index is 617. The zero-order chi connectivity index (χ0) is 14.5. The average Bonchev–Trinajstić information content (AvgIpc) is 3.03. The SMILES string of the molecule is OCCC#Cc1ccc(CN(Cc2cccs2)C2CC2)s1. The van der Waals surface area contributed by atoms with Crippen molar-refractivity contribution in [3.63, 3.8) is 0 Å². The smallest absolute Gasteiger partial charge is 0.0771 e. The third-order valence-electron chi connectivity index (χ3n) is 3.47. The first-order valence-corrected chi connectivity index (χ1v) is 8.99. The van der Waals surface area contributed by atoms with Crippen molar-refractivity contribution in [2.45, 2.75) is 38.4 Å². The van der Waals surface area contributed by atoms with Gasteiger partial charge in [0.25, 0.3) is 0 Å². The summed E-state index contributed by atoms with van der Waals surface area (Å²) in [6.45, 7) is 2.22. The lowest BCUT2D eigenvalue weighted by Crippen LogP contribution is -2.24. The van der Waals surface area contributed by atoms with E-state index in [1.165, 1.54) is 22.6 Å². The van der Waals surface area contributed by atoms with Crippen LogP contribution in [-0.2, 0) is 13.1 Å². The Morgan fingerprint density at radius 3 is 2.76 bits per heavy atom. The molecule has 0 aliphatic heterocycles. The molecule has 21 heavy (non-hydrogen) atoms. The zero-order valence-electron chi connectivity index (χ0n) is 11.9. The van der Waals surface area contributed by atoms with Crippen LogP contribution in [0.2, 0.25) is 0 Å². The number of nitrogens with zero attached hydrogens (tertiary/aromatic N) is 1. The zero-order valence-corrected chi connectivity index (χ0v) is 13.6. The van der Waals surface area contributed by atoms with E-state index in [1.807, 2.05) is 11.3 Å². The van der Waals surface area contributed by atoms with E-state index in [4.69, 9.17) is 5.11 Å². The van der Waals surface area contributed by atoms with Crippen LogP contribution in [0, 0.1) is 11.8 Å². The largest absolute Gasteiger partial charge is 0.395 e. The third-order valence-corrected chi connectivity index (χ3v) is 5.32. The van der Waals surface area contributed by atoms with E-state index in [9.17, 15) is 0 Å². The molecule has 2 aromatic heterocycles. The lowest BCUT2D eigenvalue weighted by Gasteiger charge is -2.20. The molecule has 4 heteroatoms. The monoisotopic (exact) mass is 317 g/mol. The number of rotatable bonds is 6. The molecule has 0 aromatic carbocycles. The highest BCUT2D eigenvalue weighted by Gasteiger charge is 2.29. The van der Waals surface area contributed by atoms with Gasteiger partial charge in [-0.15, -0.1) is 22.7 Å². The average molecular weight is 317 g/mol. The number of aliphatic hydroxyl groups excluding tert-OH is 1. The Morgan fingerprint density at radius 1 is 1.19 bits per heavy atom. The van der Waals surface area contributed by atoms with Gasteiger partial charge in [-0.1, -0.05) is 17.9 Å². The van der Waals surface area contributed by atoms with E-state index in [0.717, 1.165) is 24.0 Å². The van der Waals surface area contributed by atoms with Crippen LogP contribution in [0.15, 0.2) is 29.6 Å². The van der Waals surface area contributed by atoms with Crippen LogP contribution in [0.5, 0.6) is 0 Å². The molecule has 0 spiro atoms. The van der Waals surface area contributed by atoms with E-state index in [2.05, 4.69) is 46.4 Å². The van der Waals surface area contributed by atoms with Crippen LogP contribution >= 0.6 is 22.7 Å². The van der Waals surface area contributed by atoms with Gasteiger partial charge in [0, 0.05) is 35.3 Å². The summed E-state index contributed by atoms with van der Waals surface area (Å²) in [6, 6.07) is 9.40. The third kappa shape index (κ3) is 4.42. The number of hydrogen-bond acceptors (Lipinski definition) is 4. The Kier molecular flexibility index (Phi) is 5.10. The van der Waals surface area contributed by atoms with Gasteiger partial charge in [0.2, 0.25) is 0 Å². The number of aliphatic hydroxyl groups is 1. The van der Waals surface area contributed by atoms with Crippen molar-refractivity contribution in [2.24, 2.45) is 0 Å². The van der Waals surface area contributed by atoms with E-state index in [1.54, 1.807) is 11.3 Å². The molecule has 0 radical (unpaired) electrons. The molecule has 1 aliphatic carbocycles. The Hall–Kier alpha value is -1.12. The van der Waals surface area contributed by atoms with Crippen LogP contribution in [0.3, 0.4) is 0 Å². The van der Waals surface area contributed by atoms with Crippen LogP contribution in [-0.4, -0.2) is 22.7 Å². The molecule has 0 unspecified atom stereocenters. The minimum Gasteiger partial charge on any atom is -0.395 e. The second kappa shape index (κ2) is 7.24. The van der Waals surface area contributed by atoms with Crippen molar-refractivity contribution in [3.05, 3.63) is 44.3 Å². The second-order valence-electron chi connectivity index (χ2n) is 5.26. The molecule has 1 N–H and O–H groups in total. The van der Waals surface area contributed by atoms with Gasteiger partial charge in [0.1, 0.15) is 0 Å². The lowest BCUT2D eigenvalue weighted by atomic mass is 10.3. The van der Waals surface area contributed by atoms with Crippen LogP contribution < -0.4 is 0 Å². The van der Waals surface area contributed by atoms with Gasteiger partial charge in [0.15, 0.2) is 0 Å². The lowest BCUT2D eigenvalue weighted by molar-refractivity contribution is 0.250. The fourth-order valence-corrected chi connectivity index (χ4v) is 3.93. The Balaban J connectivity index is 1.62. The molecule has 0 amide bonds. The quantitative estimate of drug-likeness (QED) is 0.821. The van der Waals surface area contributed by atoms with E-state index >= 15 is 0 Å². The van der Waals surface area contributed by atoms with Crippen molar-refractivity contribution < 1.29 is 5.11 Å². The molecule has 2 nitrogen and oxygen atoms in total. The van der Waals surface area contributed by atoms with Gasteiger partial charge in [-0.3, -0.25) is 4.90 Å². The second-order valence-corrected chi connectivity index (χ2v) is 7.46. The Labute approximate surface area is 134 Å². The van der Waals surface area contributed by atoms with Crippen molar-refractivity contribution in [3.8, 4) is 11.8 Å². The van der Waals surface area contributed by atoms with Crippen LogP contribution in [0.1, 0.15) is 33.9 Å². The van der Waals surface area contributed by atoms with Crippen molar-refractivity contribution in [1.82, 2.24) is 4.90 Å². The summed E-state index contributed by atoms with van der Waals surface area (Å²) < 4.78 is 0. The van der Waals surface area contributed by atoms with E-state index in [-0.39, 0.29) is 6.61 Å². The van der Waals surface area contributed by atoms with Gasteiger partial charge in [0.05, 0.1) is 11.5 Å². The highest BCUT2D eigenvalue weighted by atomic mass is 32.1. The molecular weight excluding hydrogens is 298 g/mol. The van der Waals surface area contributed by atoms with Crippen molar-refractivity contribution >= 4 is 22.7 Å². The summed E-state index contributed by atoms with van der Waals surface area (Å²) in [4.78, 5) is 6.52. The minimum atomic E-state index is 0.140. The molecule has 1 fully saturated rings. The van der Waals surface area contributed by atoms with Crippen LogP contribution in [0.25, 0.3) is 0 Å². The first kappa shape index (κ1) is 14.8. The molecule has 2 heterocycles. The summed E-state index contributed by atoms with van der Waals surface area (Å²) in [5.41, 5.74) is 0. The van der Waals surface area contributed by atoms with Gasteiger partial charge < -0.3 is 5.11 Å². The van der Waals surface area contributed by atoms with Gasteiger partial charge in [-0.25, -0.2) is 0 Å². The fraction of sp³-hybridized carbons (Fsp3) is 0.412. The number of thiophene rings is 2. The normalized spacial score (nSPS) is 14.2. The Morgan fingerprint density at radius 2 is 2.05 bits per heavy atom. The summed E-state index contributed by atoms with van der Waals surface area (Å²) in [5, 5.41) is 10.9. The van der Waals surface area contributed by atoms with Crippen molar-refractivity contribution in [1.29, 1.82) is 0 Å². The molecule has 0 saturated heterocycles. The summed E-state index contributed by atoms with van der Waals surface area (Å²) in [7, 11) is 0. The first-order valence-electron chi connectivity index (χ1n) is 7.30. The summed E-state index contributed by atoms with van der Waals surface area (Å²) in [6.07, 6.45) is 3.22. The van der Waals surface area contributed by atoms with Crippen LogP contribution in [0.4, 0.5) is 0 Å². The molecule has 3 rings (SSSR count). The molecule has 2 aromatic rings. The predicted octanol–water partition coefficient (Wildman–Crippen LogP) is 3.71. The standard InChI is InChI=1S/C17H19NOS2/c19-10-2-1-4-15-8-9-17(21-15)13-18(14-6-7-14)12-16-5-3-11-20-16/h3,5,8-9,11,14,19H,2,6-7,10,12-13H2. The molecule has 0 atom stereocenters. The summed E-state index contributed by atoms with van der Waals surface area (Å²) >= 11 is 3.62. The molecule has 110 valence electrons. The first-order chi connectivity index (χ1) is 10.3. The topological polar surface area (TPSA) is 23.5 Å². The van der Waals surface area contributed by atoms with Gasteiger partial charge in [-0.2, -0.15) is 0 Å². The number of hydrogen-bond donors (Lipinski definition) is 1. The van der Waals surface area contributed by atoms with E-state index in [0.29, 0.717) is 6.42 Å². The van der Waals surface area contributed by atoms with Crippen molar-refractivity contribution in [2.75, 3.05) is 6.61 Å². The molecule has 1 saturated carbocycles. The molecule has 0 bridgehead atoms. The predicted molar refractivity (Wildman–Crippen MR) is 89.5 cm³/mol. The highest BCUT2D eigenvalue weighted by molar-refractivity contribution is 7.12. The maximum atomic E-state index is 8.75. The molecule has 1 aliphatic rings.